The van der Waals surface area contributed by atoms with Crippen LogP contribution in [-0.2, 0) is 0 Å². The number of carbonyl (C=O) groups is 1. The van der Waals surface area contributed by atoms with Gasteiger partial charge in [0.15, 0.2) is 0 Å². The number of rotatable bonds is 2. The van der Waals surface area contributed by atoms with Gasteiger partial charge < -0.3 is 10.6 Å². The van der Waals surface area contributed by atoms with Crippen molar-refractivity contribution in [1.82, 2.24) is 4.90 Å². The average molecular weight is 348 g/mol. The molecule has 5 heteroatoms. The minimum absolute atomic E-state index is 0. The van der Waals surface area contributed by atoms with Gasteiger partial charge >= 0.3 is 0 Å². The van der Waals surface area contributed by atoms with E-state index < -0.39 is 0 Å². The lowest BCUT2D eigenvalue weighted by Gasteiger charge is -2.35. The number of hydrogen-bond donors (Lipinski definition) is 1. The molecule has 1 aromatic rings. The van der Waals surface area contributed by atoms with Crippen LogP contribution in [0.15, 0.2) is 22.7 Å². The zero-order valence-electron chi connectivity index (χ0n) is 11.1. The largest absolute Gasteiger partial charge is 0.334 e. The third-order valence-electron chi connectivity index (χ3n) is 3.56. The van der Waals surface area contributed by atoms with Gasteiger partial charge in [0.2, 0.25) is 0 Å². The van der Waals surface area contributed by atoms with Crippen molar-refractivity contribution in [3.63, 3.8) is 0 Å². The number of nitrogens with zero attached hydrogens (tertiary/aromatic N) is 1. The third-order valence-corrected chi connectivity index (χ3v) is 4.45. The van der Waals surface area contributed by atoms with Crippen LogP contribution in [0, 0.1) is 6.92 Å². The number of carbonyl (C=O) groups excluding carboxylic acids is 1. The van der Waals surface area contributed by atoms with E-state index in [0.29, 0.717) is 6.54 Å². The summed E-state index contributed by atoms with van der Waals surface area (Å²) in [6, 6.07) is 5.95. The maximum absolute atomic E-state index is 12.5. The fraction of sp³-hybridized carbons (Fsp3) is 0.500. The summed E-state index contributed by atoms with van der Waals surface area (Å²) in [4.78, 5) is 14.4. The van der Waals surface area contributed by atoms with Crippen LogP contribution in [0.4, 0.5) is 0 Å². The lowest BCUT2D eigenvalue weighted by Crippen LogP contribution is -2.47. The van der Waals surface area contributed by atoms with Gasteiger partial charge in [-0.25, -0.2) is 0 Å². The highest BCUT2D eigenvalue weighted by atomic mass is 79.9. The number of nitrogens with two attached hydrogens (primary N) is 1. The van der Waals surface area contributed by atoms with Crippen molar-refractivity contribution in [2.45, 2.75) is 32.2 Å². The Morgan fingerprint density at radius 3 is 2.84 bits per heavy atom. The Bertz CT molecular complexity index is 453. The van der Waals surface area contributed by atoms with Crippen molar-refractivity contribution in [3.05, 3.63) is 33.8 Å². The van der Waals surface area contributed by atoms with E-state index in [1.807, 2.05) is 30.0 Å². The van der Waals surface area contributed by atoms with Crippen LogP contribution in [0.3, 0.4) is 0 Å². The number of likely N-dealkylation sites (tertiary alicyclic amines) is 1. The van der Waals surface area contributed by atoms with E-state index in [1.165, 1.54) is 6.42 Å². The van der Waals surface area contributed by atoms with Crippen LogP contribution in [0.25, 0.3) is 0 Å². The minimum Gasteiger partial charge on any atom is -0.334 e. The van der Waals surface area contributed by atoms with Crippen molar-refractivity contribution < 1.29 is 4.79 Å². The monoisotopic (exact) mass is 346 g/mol. The Morgan fingerprint density at radius 1 is 1.47 bits per heavy atom. The van der Waals surface area contributed by atoms with Gasteiger partial charge in [-0.2, -0.15) is 0 Å². The first-order valence-corrected chi connectivity index (χ1v) is 7.20. The first kappa shape index (κ1) is 16.5. The molecule has 1 fully saturated rings. The zero-order chi connectivity index (χ0) is 13.1. The molecule has 106 valence electrons. The normalized spacial score (nSPS) is 18.9. The maximum Gasteiger partial charge on any atom is 0.254 e. The molecule has 1 saturated heterocycles. The average Bonchev–Trinajstić information content (AvgIpc) is 2.41. The molecule has 1 aromatic carbocycles. The number of hydrogen-bond acceptors (Lipinski definition) is 2. The maximum atomic E-state index is 12.5. The summed E-state index contributed by atoms with van der Waals surface area (Å²) in [6.07, 6.45) is 3.28. The van der Waals surface area contributed by atoms with Gasteiger partial charge in [-0.05, 0) is 49.9 Å². The second kappa shape index (κ2) is 7.27. The summed E-state index contributed by atoms with van der Waals surface area (Å²) in [6.45, 7) is 3.38. The molecule has 3 nitrogen and oxygen atoms in total. The van der Waals surface area contributed by atoms with E-state index in [4.69, 9.17) is 5.73 Å². The second-order valence-electron chi connectivity index (χ2n) is 4.85. The first-order chi connectivity index (χ1) is 8.63. The van der Waals surface area contributed by atoms with Crippen molar-refractivity contribution in [2.75, 3.05) is 13.1 Å². The number of amides is 1. The highest BCUT2D eigenvalue weighted by Crippen LogP contribution is 2.22. The van der Waals surface area contributed by atoms with E-state index in [0.717, 1.165) is 35.0 Å². The zero-order valence-corrected chi connectivity index (χ0v) is 13.5. The van der Waals surface area contributed by atoms with Crippen molar-refractivity contribution in [1.29, 1.82) is 0 Å². The lowest BCUT2D eigenvalue weighted by atomic mass is 10.0. The predicted octanol–water partition coefficient (Wildman–Crippen LogP) is 3.13. The molecule has 0 radical (unpaired) electrons. The highest BCUT2D eigenvalue weighted by Gasteiger charge is 2.26. The van der Waals surface area contributed by atoms with Crippen LogP contribution in [0.1, 0.15) is 35.2 Å². The summed E-state index contributed by atoms with van der Waals surface area (Å²) in [5, 5.41) is 0. The number of benzene rings is 1. The smallest absolute Gasteiger partial charge is 0.254 e. The molecule has 1 amide bonds. The number of halogens is 2. The van der Waals surface area contributed by atoms with E-state index in [2.05, 4.69) is 15.9 Å². The molecule has 1 aliphatic rings. The van der Waals surface area contributed by atoms with E-state index in [9.17, 15) is 4.79 Å². The van der Waals surface area contributed by atoms with Gasteiger partial charge in [0.25, 0.3) is 5.91 Å². The Balaban J connectivity index is 0.00000180. The van der Waals surface area contributed by atoms with E-state index in [-0.39, 0.29) is 24.4 Å². The molecular weight excluding hydrogens is 328 g/mol. The lowest BCUT2D eigenvalue weighted by molar-refractivity contribution is 0.0623. The summed E-state index contributed by atoms with van der Waals surface area (Å²) >= 11 is 3.46. The summed E-state index contributed by atoms with van der Waals surface area (Å²) in [5.74, 6) is 0.112. The van der Waals surface area contributed by atoms with E-state index in [1.54, 1.807) is 0 Å². The quantitative estimate of drug-likeness (QED) is 0.893. The first-order valence-electron chi connectivity index (χ1n) is 6.40. The minimum atomic E-state index is 0. The van der Waals surface area contributed by atoms with Crippen LogP contribution in [-0.4, -0.2) is 29.9 Å². The molecule has 1 heterocycles. The Labute approximate surface area is 129 Å². The molecule has 0 bridgehead atoms. The second-order valence-corrected chi connectivity index (χ2v) is 5.70. The number of piperidine rings is 1. The summed E-state index contributed by atoms with van der Waals surface area (Å²) in [5.41, 5.74) is 7.61. The molecule has 1 atom stereocenters. The van der Waals surface area contributed by atoms with Gasteiger partial charge in [0.05, 0.1) is 0 Å². The molecule has 0 spiro atoms. The van der Waals surface area contributed by atoms with Crippen molar-refractivity contribution in [2.24, 2.45) is 5.73 Å². The molecule has 0 aliphatic carbocycles. The van der Waals surface area contributed by atoms with E-state index >= 15 is 0 Å². The fourth-order valence-electron chi connectivity index (χ4n) is 2.46. The molecule has 1 aliphatic heterocycles. The van der Waals surface area contributed by atoms with Gasteiger partial charge in [0.1, 0.15) is 0 Å². The SMILES string of the molecule is Cc1cc(C(=O)N2CCCCC2CN)ccc1Br.Cl. The molecule has 19 heavy (non-hydrogen) atoms. The Morgan fingerprint density at radius 2 is 2.21 bits per heavy atom. The highest BCUT2D eigenvalue weighted by molar-refractivity contribution is 9.10. The number of aryl methyl sites for hydroxylation is 1. The molecule has 0 aromatic heterocycles. The topological polar surface area (TPSA) is 46.3 Å². The van der Waals surface area contributed by atoms with Crippen molar-refractivity contribution in [3.8, 4) is 0 Å². The Kier molecular flexibility index (Phi) is 6.30. The third kappa shape index (κ3) is 3.71. The van der Waals surface area contributed by atoms with Gasteiger partial charge in [-0.1, -0.05) is 15.9 Å². The van der Waals surface area contributed by atoms with Crippen LogP contribution < -0.4 is 5.73 Å². The summed E-state index contributed by atoms with van der Waals surface area (Å²) in [7, 11) is 0. The fourth-order valence-corrected chi connectivity index (χ4v) is 2.70. The molecule has 0 saturated carbocycles. The predicted molar refractivity (Wildman–Crippen MR) is 83.9 cm³/mol. The standard InChI is InChI=1S/C14H19BrN2O.ClH/c1-10-8-11(5-6-13(10)15)14(18)17-7-3-2-4-12(17)9-16;/h5-6,8,12H,2-4,7,9,16H2,1H3;1H. The van der Waals surface area contributed by atoms with Crippen LogP contribution >= 0.6 is 28.3 Å². The van der Waals surface area contributed by atoms with Crippen LogP contribution in [0.5, 0.6) is 0 Å². The summed E-state index contributed by atoms with van der Waals surface area (Å²) < 4.78 is 1.04. The molecule has 1 unspecified atom stereocenters. The van der Waals surface area contributed by atoms with Gasteiger partial charge in [-0.15, -0.1) is 12.4 Å². The van der Waals surface area contributed by atoms with Crippen molar-refractivity contribution >= 4 is 34.2 Å². The van der Waals surface area contributed by atoms with Gasteiger partial charge in [0, 0.05) is 29.2 Å². The van der Waals surface area contributed by atoms with Gasteiger partial charge in [-0.3, -0.25) is 4.79 Å². The van der Waals surface area contributed by atoms with Crippen LogP contribution in [0.2, 0.25) is 0 Å². The molecule has 2 rings (SSSR count). The molecular formula is C14H20BrClN2O. The molecule has 2 N–H and O–H groups in total. The Hall–Kier alpha value is -0.580.